The molecule has 0 aliphatic rings. The lowest BCUT2D eigenvalue weighted by atomic mass is 10.0. The van der Waals surface area contributed by atoms with Gasteiger partial charge in [0, 0.05) is 13.2 Å². The van der Waals surface area contributed by atoms with E-state index in [2.05, 4.69) is 65.8 Å². The Labute approximate surface area is 109 Å². The first-order valence-corrected chi connectivity index (χ1v) is 6.27. The second kappa shape index (κ2) is 6.34. The Morgan fingerprint density at radius 2 is 1.50 bits per heavy atom. The van der Waals surface area contributed by atoms with Crippen LogP contribution in [0.3, 0.4) is 0 Å². The minimum atomic E-state index is 0.903. The lowest BCUT2D eigenvalue weighted by molar-refractivity contribution is 0.310. The van der Waals surface area contributed by atoms with Crippen LogP contribution in [0.2, 0.25) is 0 Å². The first-order chi connectivity index (χ1) is 8.79. The molecule has 0 atom stereocenters. The van der Waals surface area contributed by atoms with Crippen molar-refractivity contribution in [3.05, 3.63) is 60.2 Å². The number of hydrogen-bond acceptors (Lipinski definition) is 2. The van der Waals surface area contributed by atoms with Crippen LogP contribution in [0, 0.1) is 0 Å². The fraction of sp³-hybridized carbons (Fsp3) is 0.250. The largest absolute Gasteiger partial charge is 0.307 e. The molecule has 2 aromatic rings. The predicted molar refractivity (Wildman–Crippen MR) is 77.3 cm³/mol. The van der Waals surface area contributed by atoms with Crippen molar-refractivity contribution in [1.29, 1.82) is 0 Å². The lowest BCUT2D eigenvalue weighted by Crippen LogP contribution is -2.27. The highest BCUT2D eigenvalue weighted by Gasteiger charge is 2.00. The highest BCUT2D eigenvalue weighted by Crippen LogP contribution is 2.19. The Kier molecular flexibility index (Phi) is 4.51. The zero-order valence-corrected chi connectivity index (χ0v) is 11.1. The van der Waals surface area contributed by atoms with Gasteiger partial charge in [0.15, 0.2) is 0 Å². The van der Waals surface area contributed by atoms with Gasteiger partial charge in [-0.2, -0.15) is 0 Å². The van der Waals surface area contributed by atoms with Gasteiger partial charge < -0.3 is 5.32 Å². The highest BCUT2D eigenvalue weighted by atomic mass is 15.2. The summed E-state index contributed by atoms with van der Waals surface area (Å²) < 4.78 is 0. The monoisotopic (exact) mass is 240 g/mol. The molecule has 0 radical (unpaired) electrons. The van der Waals surface area contributed by atoms with Crippen molar-refractivity contribution in [3.63, 3.8) is 0 Å². The molecule has 18 heavy (non-hydrogen) atoms. The van der Waals surface area contributed by atoms with E-state index < -0.39 is 0 Å². The van der Waals surface area contributed by atoms with E-state index in [9.17, 15) is 0 Å². The van der Waals surface area contributed by atoms with Crippen LogP contribution in [-0.2, 0) is 6.54 Å². The van der Waals surface area contributed by atoms with E-state index in [1.165, 1.54) is 16.7 Å². The van der Waals surface area contributed by atoms with Gasteiger partial charge in [-0.3, -0.25) is 4.90 Å². The second-order valence-electron chi connectivity index (χ2n) is 4.59. The molecule has 0 amide bonds. The summed E-state index contributed by atoms with van der Waals surface area (Å²) in [5.41, 5.74) is 3.88. The van der Waals surface area contributed by atoms with Gasteiger partial charge in [0.05, 0.1) is 0 Å². The zero-order chi connectivity index (χ0) is 12.8. The zero-order valence-electron chi connectivity index (χ0n) is 11.1. The Morgan fingerprint density at radius 1 is 0.889 bits per heavy atom. The molecule has 2 heteroatoms. The van der Waals surface area contributed by atoms with Crippen molar-refractivity contribution in [2.75, 3.05) is 20.8 Å². The molecule has 0 aliphatic heterocycles. The quantitative estimate of drug-likeness (QED) is 0.808. The van der Waals surface area contributed by atoms with Crippen LogP contribution in [0.25, 0.3) is 11.1 Å². The summed E-state index contributed by atoms with van der Waals surface area (Å²) in [4.78, 5) is 2.25. The Morgan fingerprint density at radius 3 is 2.11 bits per heavy atom. The maximum absolute atomic E-state index is 3.15. The number of nitrogens with one attached hydrogen (secondary N) is 1. The molecule has 0 aromatic heterocycles. The van der Waals surface area contributed by atoms with Crippen LogP contribution in [0.5, 0.6) is 0 Å². The normalized spacial score (nSPS) is 10.8. The van der Waals surface area contributed by atoms with Gasteiger partial charge in [-0.25, -0.2) is 0 Å². The third kappa shape index (κ3) is 3.42. The number of nitrogens with zero attached hydrogens (tertiary/aromatic N) is 1. The van der Waals surface area contributed by atoms with Gasteiger partial charge >= 0.3 is 0 Å². The van der Waals surface area contributed by atoms with Crippen molar-refractivity contribution in [1.82, 2.24) is 10.2 Å². The van der Waals surface area contributed by atoms with Crippen molar-refractivity contribution >= 4 is 0 Å². The molecule has 0 unspecified atom stereocenters. The maximum atomic E-state index is 3.15. The van der Waals surface area contributed by atoms with E-state index >= 15 is 0 Å². The molecule has 0 saturated carbocycles. The van der Waals surface area contributed by atoms with Crippen LogP contribution in [0.15, 0.2) is 54.6 Å². The van der Waals surface area contributed by atoms with E-state index in [1.54, 1.807) is 0 Å². The summed E-state index contributed by atoms with van der Waals surface area (Å²) in [7, 11) is 4.08. The van der Waals surface area contributed by atoms with E-state index in [-0.39, 0.29) is 0 Å². The van der Waals surface area contributed by atoms with Crippen LogP contribution in [0.1, 0.15) is 5.56 Å². The van der Waals surface area contributed by atoms with E-state index in [0.29, 0.717) is 0 Å². The average Bonchev–Trinajstić information content (AvgIpc) is 2.41. The first-order valence-electron chi connectivity index (χ1n) is 6.27. The van der Waals surface area contributed by atoms with Crippen LogP contribution >= 0.6 is 0 Å². The standard InChI is InChI=1S/C16H20N2/c1-17-13-18(2)12-14-8-10-16(11-9-14)15-6-4-3-5-7-15/h3-11,17H,12-13H2,1-2H3. The fourth-order valence-corrected chi connectivity index (χ4v) is 2.07. The Hall–Kier alpha value is -1.64. The van der Waals surface area contributed by atoms with Gasteiger partial charge in [-0.1, -0.05) is 54.6 Å². The van der Waals surface area contributed by atoms with Crippen molar-refractivity contribution in [2.24, 2.45) is 0 Å². The van der Waals surface area contributed by atoms with Gasteiger partial charge in [0.2, 0.25) is 0 Å². The first kappa shape index (κ1) is 12.8. The predicted octanol–water partition coefficient (Wildman–Crippen LogP) is 2.96. The van der Waals surface area contributed by atoms with E-state index in [1.807, 2.05) is 13.1 Å². The SMILES string of the molecule is CNCN(C)Cc1ccc(-c2ccccc2)cc1. The van der Waals surface area contributed by atoms with E-state index in [4.69, 9.17) is 0 Å². The molecule has 0 spiro atoms. The Bertz CT molecular complexity index is 462. The summed E-state index contributed by atoms with van der Waals surface area (Å²) in [5.74, 6) is 0. The minimum Gasteiger partial charge on any atom is -0.307 e. The van der Waals surface area contributed by atoms with Gasteiger partial charge in [0.1, 0.15) is 0 Å². The van der Waals surface area contributed by atoms with Gasteiger partial charge in [-0.15, -0.1) is 0 Å². The summed E-state index contributed by atoms with van der Waals surface area (Å²) in [6.07, 6.45) is 0. The molecule has 0 saturated heterocycles. The minimum absolute atomic E-state index is 0.903. The molecule has 2 rings (SSSR count). The van der Waals surface area contributed by atoms with Crippen molar-refractivity contribution in [3.8, 4) is 11.1 Å². The topological polar surface area (TPSA) is 15.3 Å². The average molecular weight is 240 g/mol. The van der Waals surface area contributed by atoms with Crippen LogP contribution in [-0.4, -0.2) is 25.7 Å². The molecule has 2 nitrogen and oxygen atoms in total. The van der Waals surface area contributed by atoms with Crippen LogP contribution < -0.4 is 5.32 Å². The summed E-state index contributed by atoms with van der Waals surface area (Å²) >= 11 is 0. The molecule has 0 fully saturated rings. The van der Waals surface area contributed by atoms with E-state index in [0.717, 1.165) is 13.2 Å². The maximum Gasteiger partial charge on any atom is 0.0478 e. The molecule has 94 valence electrons. The molecule has 0 heterocycles. The number of benzene rings is 2. The lowest BCUT2D eigenvalue weighted by Gasteiger charge is -2.16. The smallest absolute Gasteiger partial charge is 0.0478 e. The Balaban J connectivity index is 2.06. The van der Waals surface area contributed by atoms with Gasteiger partial charge in [0.25, 0.3) is 0 Å². The number of hydrogen-bond donors (Lipinski definition) is 1. The number of rotatable bonds is 5. The molecule has 2 aromatic carbocycles. The summed E-state index contributed by atoms with van der Waals surface area (Å²) in [6, 6.07) is 19.3. The third-order valence-corrected chi connectivity index (χ3v) is 2.94. The molecule has 0 aliphatic carbocycles. The molecule has 0 bridgehead atoms. The highest BCUT2D eigenvalue weighted by molar-refractivity contribution is 5.63. The van der Waals surface area contributed by atoms with Crippen LogP contribution in [0.4, 0.5) is 0 Å². The second-order valence-corrected chi connectivity index (χ2v) is 4.59. The van der Waals surface area contributed by atoms with Crippen molar-refractivity contribution < 1.29 is 0 Å². The third-order valence-electron chi connectivity index (χ3n) is 2.94. The molecular formula is C16H20N2. The summed E-state index contributed by atoms with van der Waals surface area (Å²) in [5, 5.41) is 3.15. The fourth-order valence-electron chi connectivity index (χ4n) is 2.07. The van der Waals surface area contributed by atoms with Gasteiger partial charge in [-0.05, 0) is 30.8 Å². The molecular weight excluding hydrogens is 220 g/mol. The summed E-state index contributed by atoms with van der Waals surface area (Å²) in [6.45, 7) is 1.87. The molecule has 1 N–H and O–H groups in total. The van der Waals surface area contributed by atoms with Crippen molar-refractivity contribution in [2.45, 2.75) is 6.54 Å².